The lowest BCUT2D eigenvalue weighted by molar-refractivity contribution is -0.148. The Balaban J connectivity index is 1.86. The van der Waals surface area contributed by atoms with E-state index in [1.807, 2.05) is 20.8 Å². The van der Waals surface area contributed by atoms with E-state index in [-0.39, 0.29) is 41.6 Å². The Bertz CT molecular complexity index is 1160. The smallest absolute Gasteiger partial charge is 0.253 e. The molecule has 3 fully saturated rings. The first-order chi connectivity index (χ1) is 19.6. The summed E-state index contributed by atoms with van der Waals surface area (Å²) in [5, 5.41) is 11.1. The average Bonchev–Trinajstić information content (AvgIpc) is 3.55. The third-order valence-electron chi connectivity index (χ3n) is 8.96. The van der Waals surface area contributed by atoms with Crippen molar-refractivity contribution >= 4 is 50.9 Å². The van der Waals surface area contributed by atoms with E-state index in [0.717, 1.165) is 6.42 Å². The van der Waals surface area contributed by atoms with E-state index >= 15 is 0 Å². The Morgan fingerprint density at radius 3 is 2.44 bits per heavy atom. The topological polar surface area (TPSA) is 90.4 Å². The maximum atomic E-state index is 14.7. The van der Waals surface area contributed by atoms with Crippen LogP contribution >= 0.6 is 27.5 Å². The summed E-state index contributed by atoms with van der Waals surface area (Å²) in [6, 6.07) is 5.26. The highest BCUT2D eigenvalue weighted by atomic mass is 79.9. The second kappa shape index (κ2) is 13.0. The van der Waals surface area contributed by atoms with Crippen LogP contribution in [0, 0.1) is 17.8 Å². The van der Waals surface area contributed by atoms with E-state index in [1.165, 1.54) is 0 Å². The predicted octanol–water partition coefficient (Wildman–Crippen LogP) is 4.44. The molecule has 3 unspecified atom stereocenters. The van der Waals surface area contributed by atoms with Gasteiger partial charge in [0.1, 0.15) is 11.6 Å². The highest BCUT2D eigenvalue weighted by Gasteiger charge is 2.77. The molecule has 8 atom stereocenters. The normalized spacial score (nSPS) is 29.7. The summed E-state index contributed by atoms with van der Waals surface area (Å²) in [4.78, 5) is 48.0. The zero-order chi connectivity index (χ0) is 30.1. The Labute approximate surface area is 256 Å². The molecule has 2 bridgehead atoms. The Morgan fingerprint density at radius 1 is 1.22 bits per heavy atom. The van der Waals surface area contributed by atoms with E-state index in [4.69, 9.17) is 16.3 Å². The van der Waals surface area contributed by atoms with Gasteiger partial charge in [-0.1, -0.05) is 66.9 Å². The number of benzene rings is 1. The average molecular weight is 651 g/mol. The van der Waals surface area contributed by atoms with Gasteiger partial charge < -0.3 is 24.5 Å². The monoisotopic (exact) mass is 649 g/mol. The van der Waals surface area contributed by atoms with Crippen molar-refractivity contribution in [2.24, 2.45) is 17.8 Å². The molecule has 3 saturated heterocycles. The van der Waals surface area contributed by atoms with E-state index < -0.39 is 35.6 Å². The summed E-state index contributed by atoms with van der Waals surface area (Å²) in [5.74, 6) is -2.52. The largest absolute Gasteiger partial charge is 0.394 e. The van der Waals surface area contributed by atoms with Crippen LogP contribution in [0.5, 0.6) is 0 Å². The molecular weight excluding hydrogens is 610 g/mol. The van der Waals surface area contributed by atoms with Crippen LogP contribution in [-0.4, -0.2) is 87.5 Å². The molecule has 1 spiro atoms. The molecule has 1 aromatic rings. The van der Waals surface area contributed by atoms with Crippen LogP contribution in [0.2, 0.25) is 5.02 Å². The molecule has 3 aliphatic heterocycles. The van der Waals surface area contributed by atoms with E-state index in [1.54, 1.807) is 51.1 Å². The fourth-order valence-corrected chi connectivity index (χ4v) is 8.02. The quantitative estimate of drug-likeness (QED) is 0.252. The molecule has 8 nitrogen and oxygen atoms in total. The first kappa shape index (κ1) is 31.7. The van der Waals surface area contributed by atoms with Crippen molar-refractivity contribution in [2.75, 3.05) is 31.1 Å². The minimum Gasteiger partial charge on any atom is -0.394 e. The molecular formula is C31H41BrClN3O5. The van der Waals surface area contributed by atoms with Gasteiger partial charge in [-0.05, 0) is 43.0 Å². The second-order valence-corrected chi connectivity index (χ2v) is 12.9. The molecule has 224 valence electrons. The maximum Gasteiger partial charge on any atom is 0.253 e. The molecule has 0 radical (unpaired) electrons. The molecule has 4 rings (SSSR count). The van der Waals surface area contributed by atoms with Crippen LogP contribution in [0.3, 0.4) is 0 Å². The number of aliphatic hydroxyl groups is 1. The van der Waals surface area contributed by atoms with Gasteiger partial charge in [0.05, 0.1) is 30.6 Å². The molecule has 10 heteroatoms. The molecule has 41 heavy (non-hydrogen) atoms. The van der Waals surface area contributed by atoms with E-state index in [2.05, 4.69) is 29.1 Å². The summed E-state index contributed by atoms with van der Waals surface area (Å²) >= 11 is 9.88. The number of alkyl halides is 1. The SMILES string of the molecule is C=CCN(CCC)C(=O)[C@H]1[C@H]2C(=O)N([C@@H](CO)[C@@H](C)CC)C(C(=O)N(CC=C)c3ccc(Cl)cc3)C23CC(Br)[C@@H]1O3. The number of halogens is 2. The molecule has 3 aliphatic rings. The lowest BCUT2D eigenvalue weighted by Crippen LogP contribution is -2.60. The van der Waals surface area contributed by atoms with Gasteiger partial charge in [0.15, 0.2) is 0 Å². The number of hydrogen-bond donors (Lipinski definition) is 1. The third kappa shape index (κ3) is 5.39. The van der Waals surface area contributed by atoms with Crippen LogP contribution in [-0.2, 0) is 19.1 Å². The van der Waals surface area contributed by atoms with Crippen molar-refractivity contribution in [1.29, 1.82) is 0 Å². The highest BCUT2D eigenvalue weighted by Crippen LogP contribution is 2.61. The van der Waals surface area contributed by atoms with Gasteiger partial charge in [0.25, 0.3) is 5.91 Å². The summed E-state index contributed by atoms with van der Waals surface area (Å²) in [6.45, 7) is 14.4. The number of carbonyl (C=O) groups excluding carboxylic acids is 3. The van der Waals surface area contributed by atoms with Gasteiger partial charge in [-0.3, -0.25) is 14.4 Å². The molecule has 3 heterocycles. The number of nitrogens with zero attached hydrogens (tertiary/aromatic N) is 3. The molecule has 3 amide bonds. The summed E-state index contributed by atoms with van der Waals surface area (Å²) in [7, 11) is 0. The number of ether oxygens (including phenoxy) is 1. The Kier molecular flexibility index (Phi) is 10.0. The number of rotatable bonds is 13. The van der Waals surface area contributed by atoms with Crippen molar-refractivity contribution < 1.29 is 24.2 Å². The molecule has 0 saturated carbocycles. The minimum atomic E-state index is -1.23. The van der Waals surface area contributed by atoms with Gasteiger partial charge in [0, 0.05) is 35.2 Å². The Hall–Kier alpha value is -2.20. The maximum absolute atomic E-state index is 14.7. The zero-order valence-electron chi connectivity index (χ0n) is 24.0. The number of carbonyl (C=O) groups is 3. The fourth-order valence-electron chi connectivity index (χ4n) is 6.95. The molecule has 0 aromatic heterocycles. The number of amides is 3. The summed E-state index contributed by atoms with van der Waals surface area (Å²) in [6.07, 6.45) is 4.59. The number of anilines is 1. The highest BCUT2D eigenvalue weighted by molar-refractivity contribution is 9.09. The molecule has 1 aromatic carbocycles. The number of aliphatic hydroxyl groups excluding tert-OH is 1. The van der Waals surface area contributed by atoms with Crippen LogP contribution < -0.4 is 4.90 Å². The zero-order valence-corrected chi connectivity index (χ0v) is 26.4. The Morgan fingerprint density at radius 2 is 1.88 bits per heavy atom. The van der Waals surface area contributed by atoms with Gasteiger partial charge in [-0.2, -0.15) is 0 Å². The van der Waals surface area contributed by atoms with Crippen molar-refractivity contribution in [3.63, 3.8) is 0 Å². The minimum absolute atomic E-state index is 0.0960. The van der Waals surface area contributed by atoms with Crippen molar-refractivity contribution in [1.82, 2.24) is 9.80 Å². The van der Waals surface area contributed by atoms with Gasteiger partial charge >= 0.3 is 0 Å². The first-order valence-corrected chi connectivity index (χ1v) is 15.7. The summed E-state index contributed by atoms with van der Waals surface area (Å²) < 4.78 is 6.70. The third-order valence-corrected chi connectivity index (χ3v) is 10.1. The molecule has 0 aliphatic carbocycles. The van der Waals surface area contributed by atoms with Crippen LogP contribution in [0.1, 0.15) is 40.0 Å². The van der Waals surface area contributed by atoms with Crippen LogP contribution in [0.25, 0.3) is 0 Å². The summed E-state index contributed by atoms with van der Waals surface area (Å²) in [5.41, 5.74) is -0.627. The number of likely N-dealkylation sites (tertiary alicyclic amines) is 1. The lowest BCUT2D eigenvalue weighted by atomic mass is 9.70. The van der Waals surface area contributed by atoms with Gasteiger partial charge in [-0.15, -0.1) is 13.2 Å². The number of fused-ring (bicyclic) bond motifs is 1. The van der Waals surface area contributed by atoms with Gasteiger partial charge in [-0.25, -0.2) is 0 Å². The van der Waals surface area contributed by atoms with Gasteiger partial charge in [0.2, 0.25) is 11.8 Å². The standard InChI is InChI=1S/C31H41BrClN3O5/c1-6-14-34(15-7-2)28(38)24-25-29(39)36(23(18-37)19(5)9-4)27(31(25)17-22(32)26(24)41-31)30(40)35(16-8-3)21-12-10-20(33)11-13-21/h6,8,10-13,19,22-27,37H,1,3,7,9,14-18H2,2,4-5H3/t19-,22?,23-,24-,25-,26-,27?,31?/m0/s1. The second-order valence-electron chi connectivity index (χ2n) is 11.3. The van der Waals surface area contributed by atoms with Crippen molar-refractivity contribution in [3.8, 4) is 0 Å². The fraction of sp³-hybridized carbons (Fsp3) is 0.581. The number of hydrogen-bond acceptors (Lipinski definition) is 5. The lowest BCUT2D eigenvalue weighted by Gasteiger charge is -2.41. The van der Waals surface area contributed by atoms with Crippen LogP contribution in [0.15, 0.2) is 49.6 Å². The first-order valence-electron chi connectivity index (χ1n) is 14.4. The van der Waals surface area contributed by atoms with Crippen molar-refractivity contribution in [2.45, 2.75) is 68.6 Å². The van der Waals surface area contributed by atoms with Crippen molar-refractivity contribution in [3.05, 3.63) is 54.6 Å². The molecule has 1 N–H and O–H groups in total. The van der Waals surface area contributed by atoms with E-state index in [0.29, 0.717) is 36.6 Å². The predicted molar refractivity (Wildman–Crippen MR) is 164 cm³/mol. The van der Waals surface area contributed by atoms with Crippen LogP contribution in [0.4, 0.5) is 5.69 Å². The van der Waals surface area contributed by atoms with E-state index in [9.17, 15) is 19.5 Å².